The van der Waals surface area contributed by atoms with Crippen molar-refractivity contribution in [2.24, 2.45) is 0 Å². The Bertz CT molecular complexity index is 573. The number of hydrogen-bond donors (Lipinski definition) is 1. The molecular weight excluding hydrogens is 262 g/mol. The summed E-state index contributed by atoms with van der Waals surface area (Å²) in [6.07, 6.45) is 0.363. The van der Waals surface area contributed by atoms with Gasteiger partial charge in [0.05, 0.1) is 5.75 Å². The van der Waals surface area contributed by atoms with Crippen LogP contribution >= 0.6 is 11.8 Å². The lowest BCUT2D eigenvalue weighted by Gasteiger charge is -1.95. The van der Waals surface area contributed by atoms with Crippen LogP contribution in [0.25, 0.3) is 11.1 Å². The first-order valence-electron chi connectivity index (χ1n) is 4.98. The third-order valence-corrected chi connectivity index (χ3v) is 3.77. The molecule has 1 heterocycles. The van der Waals surface area contributed by atoms with Crippen molar-refractivity contribution in [3.05, 3.63) is 24.3 Å². The van der Waals surface area contributed by atoms with Crippen LogP contribution in [0.2, 0.25) is 0 Å². The van der Waals surface area contributed by atoms with Crippen molar-refractivity contribution in [1.29, 1.82) is 0 Å². The summed E-state index contributed by atoms with van der Waals surface area (Å²) >= 11 is 1.33. The van der Waals surface area contributed by atoms with Gasteiger partial charge in [-0.05, 0) is 18.6 Å². The van der Waals surface area contributed by atoms with Gasteiger partial charge in [0.25, 0.3) is 15.3 Å². The number of hydrogen-bond acceptors (Lipinski definition) is 5. The van der Waals surface area contributed by atoms with Gasteiger partial charge in [0.15, 0.2) is 5.58 Å². The SMILES string of the molecule is O=S(=O)(O)CCCSc1nc2ccccc2o1. The first-order chi connectivity index (χ1) is 8.04. The molecule has 7 heteroatoms. The third kappa shape index (κ3) is 3.72. The number of fused-ring (bicyclic) bond motifs is 1. The predicted octanol–water partition coefficient (Wildman–Crippen LogP) is 2.20. The second-order valence-electron chi connectivity index (χ2n) is 3.44. The topological polar surface area (TPSA) is 80.4 Å². The Balaban J connectivity index is 1.91. The van der Waals surface area contributed by atoms with E-state index in [1.807, 2.05) is 24.3 Å². The average Bonchev–Trinajstić information content (AvgIpc) is 2.65. The minimum absolute atomic E-state index is 0.236. The van der Waals surface area contributed by atoms with Gasteiger partial charge in [-0.25, -0.2) is 4.98 Å². The van der Waals surface area contributed by atoms with Crippen LogP contribution in [0.4, 0.5) is 0 Å². The largest absolute Gasteiger partial charge is 0.431 e. The maximum Gasteiger partial charge on any atom is 0.264 e. The van der Waals surface area contributed by atoms with Gasteiger partial charge in [0.1, 0.15) is 5.52 Å². The monoisotopic (exact) mass is 273 g/mol. The van der Waals surface area contributed by atoms with Gasteiger partial charge in [-0.2, -0.15) is 8.42 Å². The van der Waals surface area contributed by atoms with Gasteiger partial charge in [-0.1, -0.05) is 23.9 Å². The normalized spacial score (nSPS) is 12.1. The molecule has 0 fully saturated rings. The number of benzene rings is 1. The number of nitrogens with zero attached hydrogens (tertiary/aromatic N) is 1. The fraction of sp³-hybridized carbons (Fsp3) is 0.300. The second-order valence-corrected chi connectivity index (χ2v) is 6.05. The second kappa shape index (κ2) is 5.07. The van der Waals surface area contributed by atoms with Crippen molar-refractivity contribution in [3.63, 3.8) is 0 Å². The molecule has 0 spiro atoms. The van der Waals surface area contributed by atoms with E-state index in [1.54, 1.807) is 0 Å². The molecule has 5 nitrogen and oxygen atoms in total. The molecule has 2 aromatic rings. The molecule has 0 radical (unpaired) electrons. The van der Waals surface area contributed by atoms with Crippen LogP contribution in [-0.4, -0.2) is 29.5 Å². The van der Waals surface area contributed by atoms with E-state index in [4.69, 9.17) is 8.97 Å². The van der Waals surface area contributed by atoms with Crippen LogP contribution in [0.15, 0.2) is 33.9 Å². The first-order valence-corrected chi connectivity index (χ1v) is 7.57. The Labute approximate surface area is 103 Å². The van der Waals surface area contributed by atoms with Crippen molar-refractivity contribution >= 4 is 33.0 Å². The van der Waals surface area contributed by atoms with E-state index < -0.39 is 10.1 Å². The summed E-state index contributed by atoms with van der Waals surface area (Å²) in [5.74, 6) is 0.298. The van der Waals surface area contributed by atoms with Gasteiger partial charge in [-0.15, -0.1) is 0 Å². The average molecular weight is 273 g/mol. The lowest BCUT2D eigenvalue weighted by atomic mass is 10.3. The van der Waals surface area contributed by atoms with Crippen LogP contribution in [0.3, 0.4) is 0 Å². The van der Waals surface area contributed by atoms with Crippen molar-refractivity contribution in [1.82, 2.24) is 4.98 Å². The van der Waals surface area contributed by atoms with Gasteiger partial charge in [0, 0.05) is 5.75 Å². The summed E-state index contributed by atoms with van der Waals surface area (Å²) in [7, 11) is -3.87. The van der Waals surface area contributed by atoms with E-state index >= 15 is 0 Å². The summed E-state index contributed by atoms with van der Waals surface area (Å²) in [5, 5.41) is 0.515. The highest BCUT2D eigenvalue weighted by Gasteiger charge is 2.07. The number of oxazole rings is 1. The fourth-order valence-electron chi connectivity index (χ4n) is 1.31. The van der Waals surface area contributed by atoms with Crippen LogP contribution in [0.1, 0.15) is 6.42 Å². The molecule has 0 aliphatic rings. The summed E-state index contributed by atoms with van der Waals surface area (Å²) in [4.78, 5) is 4.23. The maximum absolute atomic E-state index is 10.5. The highest BCUT2D eigenvalue weighted by molar-refractivity contribution is 7.99. The molecule has 1 N–H and O–H groups in total. The molecule has 0 saturated carbocycles. The van der Waals surface area contributed by atoms with Gasteiger partial charge < -0.3 is 4.42 Å². The summed E-state index contributed by atoms with van der Waals surface area (Å²) in [6.45, 7) is 0. The lowest BCUT2D eigenvalue weighted by Crippen LogP contribution is -2.04. The van der Waals surface area contributed by atoms with Crippen molar-refractivity contribution < 1.29 is 17.4 Å². The Morgan fingerprint density at radius 1 is 1.35 bits per heavy atom. The minimum Gasteiger partial charge on any atom is -0.431 e. The standard InChI is InChI=1S/C10H11NO4S2/c12-17(13,14)7-3-6-16-10-11-8-4-1-2-5-9(8)15-10/h1-2,4-5H,3,6-7H2,(H,12,13,14). The summed E-state index contributed by atoms with van der Waals surface area (Å²) in [5.41, 5.74) is 1.49. The lowest BCUT2D eigenvalue weighted by molar-refractivity contribution is 0.481. The minimum atomic E-state index is -3.87. The predicted molar refractivity (Wildman–Crippen MR) is 65.8 cm³/mol. The quantitative estimate of drug-likeness (QED) is 0.511. The molecule has 0 atom stereocenters. The molecule has 0 saturated heterocycles. The third-order valence-electron chi connectivity index (χ3n) is 2.05. The van der Waals surface area contributed by atoms with Crippen LogP contribution < -0.4 is 0 Å². The summed E-state index contributed by atoms with van der Waals surface area (Å²) in [6, 6.07) is 7.41. The van der Waals surface area contributed by atoms with Crippen molar-refractivity contribution in [3.8, 4) is 0 Å². The molecule has 0 unspecified atom stereocenters. The number of rotatable bonds is 5. The zero-order valence-electron chi connectivity index (χ0n) is 8.87. The Morgan fingerprint density at radius 2 is 2.12 bits per heavy atom. The number of para-hydroxylation sites is 2. The van der Waals surface area contributed by atoms with E-state index in [0.29, 0.717) is 23.0 Å². The van der Waals surface area contributed by atoms with Crippen LogP contribution in [0, 0.1) is 0 Å². The first kappa shape index (κ1) is 12.4. The smallest absolute Gasteiger partial charge is 0.264 e. The van der Waals surface area contributed by atoms with Gasteiger partial charge in [-0.3, -0.25) is 4.55 Å². The van der Waals surface area contributed by atoms with E-state index in [2.05, 4.69) is 4.98 Å². The molecule has 2 rings (SSSR count). The molecule has 0 bridgehead atoms. The zero-order valence-corrected chi connectivity index (χ0v) is 10.5. The highest BCUT2D eigenvalue weighted by atomic mass is 32.2. The fourth-order valence-corrected chi connectivity index (χ4v) is 2.78. The molecular formula is C10H11NO4S2. The van der Waals surface area contributed by atoms with Crippen molar-refractivity contribution in [2.45, 2.75) is 11.6 Å². The highest BCUT2D eigenvalue weighted by Crippen LogP contribution is 2.23. The Morgan fingerprint density at radius 3 is 2.82 bits per heavy atom. The molecule has 0 amide bonds. The molecule has 17 heavy (non-hydrogen) atoms. The van der Waals surface area contributed by atoms with Gasteiger partial charge in [0.2, 0.25) is 0 Å². The summed E-state index contributed by atoms with van der Waals surface area (Å²) < 4.78 is 35.0. The van der Waals surface area contributed by atoms with E-state index in [-0.39, 0.29) is 5.75 Å². The van der Waals surface area contributed by atoms with E-state index in [9.17, 15) is 8.42 Å². The van der Waals surface area contributed by atoms with Crippen LogP contribution in [-0.2, 0) is 10.1 Å². The van der Waals surface area contributed by atoms with Crippen LogP contribution in [0.5, 0.6) is 0 Å². The Kier molecular flexibility index (Phi) is 3.70. The number of thioether (sulfide) groups is 1. The van der Waals surface area contributed by atoms with Gasteiger partial charge >= 0.3 is 0 Å². The zero-order chi connectivity index (χ0) is 12.3. The molecule has 0 aliphatic heterocycles. The molecule has 92 valence electrons. The maximum atomic E-state index is 10.5. The van der Waals surface area contributed by atoms with E-state index in [1.165, 1.54) is 11.8 Å². The molecule has 0 aliphatic carbocycles. The Hall–Kier alpha value is -1.05. The van der Waals surface area contributed by atoms with E-state index in [0.717, 1.165) is 5.52 Å². The molecule has 1 aromatic heterocycles. The molecule has 1 aromatic carbocycles. The number of aromatic nitrogens is 1. The van der Waals surface area contributed by atoms with Crippen molar-refractivity contribution in [2.75, 3.05) is 11.5 Å².